The maximum atomic E-state index is 12.4. The van der Waals surface area contributed by atoms with Crippen molar-refractivity contribution in [3.8, 4) is 11.1 Å². The molecular weight excluding hydrogens is 420 g/mol. The first-order valence-corrected chi connectivity index (χ1v) is 11.6. The van der Waals surface area contributed by atoms with Crippen LogP contribution in [0.2, 0.25) is 0 Å². The minimum Gasteiger partial charge on any atom is -0.481 e. The van der Waals surface area contributed by atoms with Gasteiger partial charge in [-0.05, 0) is 47.4 Å². The van der Waals surface area contributed by atoms with Crippen LogP contribution in [0, 0.1) is 5.92 Å². The van der Waals surface area contributed by atoms with Crippen molar-refractivity contribution in [2.45, 2.75) is 38.0 Å². The highest BCUT2D eigenvalue weighted by molar-refractivity contribution is 5.79. The summed E-state index contributed by atoms with van der Waals surface area (Å²) in [6, 6.07) is 16.4. The zero-order chi connectivity index (χ0) is 23.2. The highest BCUT2D eigenvalue weighted by Gasteiger charge is 2.29. The number of rotatable bonds is 8. The summed E-state index contributed by atoms with van der Waals surface area (Å²) in [5.41, 5.74) is 4.72. The number of likely N-dealkylation sites (tertiary alicyclic amines) is 1. The summed E-state index contributed by atoms with van der Waals surface area (Å²) >= 11 is 0. The summed E-state index contributed by atoms with van der Waals surface area (Å²) in [6.45, 7) is 1.86. The van der Waals surface area contributed by atoms with E-state index in [0.717, 1.165) is 12.8 Å². The summed E-state index contributed by atoms with van der Waals surface area (Å²) in [5, 5.41) is 11.6. The van der Waals surface area contributed by atoms with E-state index in [9.17, 15) is 14.4 Å². The molecule has 2 amide bonds. The van der Waals surface area contributed by atoms with Crippen molar-refractivity contribution < 1.29 is 24.2 Å². The van der Waals surface area contributed by atoms with Crippen molar-refractivity contribution in [1.29, 1.82) is 0 Å². The predicted molar refractivity (Wildman–Crippen MR) is 124 cm³/mol. The first kappa shape index (κ1) is 22.8. The molecule has 1 fully saturated rings. The van der Waals surface area contributed by atoms with Crippen molar-refractivity contribution in [2.24, 2.45) is 5.92 Å². The number of ether oxygens (including phenoxy) is 1. The van der Waals surface area contributed by atoms with Crippen LogP contribution in [0.3, 0.4) is 0 Å². The standard InChI is InChI=1S/C26H30N2O5/c29-24(28-14-11-18(12-15-28)16-25(30)31)10-5-13-27-26(32)33-17-23-21-8-3-1-6-19(21)20-7-2-4-9-22(20)23/h1-4,6-9,18,23H,5,10-17H2,(H,27,32)(H,30,31). The van der Waals surface area contributed by atoms with Gasteiger partial charge in [0.25, 0.3) is 0 Å². The number of benzene rings is 2. The summed E-state index contributed by atoms with van der Waals surface area (Å²) in [7, 11) is 0. The molecule has 0 bridgehead atoms. The van der Waals surface area contributed by atoms with Crippen LogP contribution in [0.25, 0.3) is 11.1 Å². The van der Waals surface area contributed by atoms with Crippen LogP contribution < -0.4 is 5.32 Å². The topological polar surface area (TPSA) is 95.9 Å². The Labute approximate surface area is 193 Å². The molecule has 4 rings (SSSR count). The number of carboxylic acids is 1. The lowest BCUT2D eigenvalue weighted by Crippen LogP contribution is -2.39. The molecule has 174 valence electrons. The Morgan fingerprint density at radius 3 is 2.18 bits per heavy atom. The molecular formula is C26H30N2O5. The average Bonchev–Trinajstić information content (AvgIpc) is 3.14. The normalized spacial score (nSPS) is 15.6. The van der Waals surface area contributed by atoms with E-state index < -0.39 is 12.1 Å². The molecule has 2 aromatic carbocycles. The van der Waals surface area contributed by atoms with Crippen LogP contribution in [-0.2, 0) is 14.3 Å². The molecule has 0 radical (unpaired) electrons. The minimum atomic E-state index is -0.779. The molecule has 1 aliphatic heterocycles. The van der Waals surface area contributed by atoms with Crippen LogP contribution >= 0.6 is 0 Å². The SMILES string of the molecule is O=C(O)CC1CCN(C(=O)CCCNC(=O)OCC2c3ccccc3-c3ccccc32)CC1. The van der Waals surface area contributed by atoms with Gasteiger partial charge in [-0.1, -0.05) is 48.5 Å². The zero-order valence-corrected chi connectivity index (χ0v) is 18.7. The maximum Gasteiger partial charge on any atom is 0.407 e. The summed E-state index contributed by atoms with van der Waals surface area (Å²) in [5.74, 6) is -0.548. The van der Waals surface area contributed by atoms with Crippen molar-refractivity contribution in [3.63, 3.8) is 0 Å². The molecule has 0 spiro atoms. The van der Waals surface area contributed by atoms with Crippen LogP contribution in [0.1, 0.15) is 49.1 Å². The van der Waals surface area contributed by atoms with Gasteiger partial charge >= 0.3 is 12.1 Å². The van der Waals surface area contributed by atoms with Crippen LogP contribution in [0.4, 0.5) is 4.79 Å². The molecule has 2 aliphatic rings. The number of hydrogen-bond donors (Lipinski definition) is 2. The van der Waals surface area contributed by atoms with Gasteiger partial charge in [-0.2, -0.15) is 0 Å². The zero-order valence-electron chi connectivity index (χ0n) is 18.7. The Hall–Kier alpha value is -3.35. The number of fused-ring (bicyclic) bond motifs is 3. The highest BCUT2D eigenvalue weighted by Crippen LogP contribution is 2.44. The second kappa shape index (κ2) is 10.5. The van der Waals surface area contributed by atoms with E-state index in [0.29, 0.717) is 32.5 Å². The number of aliphatic carboxylic acids is 1. The fourth-order valence-corrected chi connectivity index (χ4v) is 4.87. The van der Waals surface area contributed by atoms with Crippen molar-refractivity contribution in [3.05, 3.63) is 59.7 Å². The molecule has 1 aliphatic carbocycles. The third-order valence-corrected chi connectivity index (χ3v) is 6.61. The molecule has 0 unspecified atom stereocenters. The molecule has 1 heterocycles. The van der Waals surface area contributed by atoms with Gasteiger partial charge in [-0.25, -0.2) is 4.79 Å². The first-order valence-electron chi connectivity index (χ1n) is 11.6. The fraction of sp³-hybridized carbons (Fsp3) is 0.423. The molecule has 0 atom stereocenters. The van der Waals surface area contributed by atoms with E-state index in [-0.39, 0.29) is 30.8 Å². The number of carboxylic acid groups (broad SMARTS) is 1. The Balaban J connectivity index is 1.17. The molecule has 0 aromatic heterocycles. The van der Waals surface area contributed by atoms with E-state index in [1.165, 1.54) is 22.3 Å². The van der Waals surface area contributed by atoms with Gasteiger partial charge in [0.05, 0.1) is 0 Å². The first-order chi connectivity index (χ1) is 16.0. The monoisotopic (exact) mass is 450 g/mol. The number of amides is 2. The number of nitrogens with zero attached hydrogens (tertiary/aromatic N) is 1. The average molecular weight is 451 g/mol. The van der Waals surface area contributed by atoms with E-state index in [1.807, 2.05) is 24.3 Å². The second-order valence-electron chi connectivity index (χ2n) is 8.78. The lowest BCUT2D eigenvalue weighted by atomic mass is 9.93. The summed E-state index contributed by atoms with van der Waals surface area (Å²) in [4.78, 5) is 37.2. The van der Waals surface area contributed by atoms with Crippen LogP contribution in [-0.4, -0.2) is 54.2 Å². The molecule has 1 saturated heterocycles. The number of carbonyl (C=O) groups is 3. The number of carbonyl (C=O) groups excluding carboxylic acids is 2. The smallest absolute Gasteiger partial charge is 0.407 e. The van der Waals surface area contributed by atoms with E-state index in [1.54, 1.807) is 4.90 Å². The Kier molecular flexibility index (Phi) is 7.27. The number of piperidine rings is 1. The van der Waals surface area contributed by atoms with Gasteiger partial charge in [0.15, 0.2) is 0 Å². The lowest BCUT2D eigenvalue weighted by molar-refractivity contribution is -0.138. The Bertz CT molecular complexity index is 968. The lowest BCUT2D eigenvalue weighted by Gasteiger charge is -2.31. The Morgan fingerprint density at radius 2 is 1.58 bits per heavy atom. The van der Waals surface area contributed by atoms with E-state index in [2.05, 4.69) is 29.6 Å². The third-order valence-electron chi connectivity index (χ3n) is 6.61. The van der Waals surface area contributed by atoms with Crippen molar-refractivity contribution in [1.82, 2.24) is 10.2 Å². The molecule has 0 saturated carbocycles. The number of alkyl carbamates (subject to hydrolysis) is 1. The Morgan fingerprint density at radius 1 is 0.970 bits per heavy atom. The van der Waals surface area contributed by atoms with Crippen LogP contribution in [0.15, 0.2) is 48.5 Å². The summed E-state index contributed by atoms with van der Waals surface area (Å²) < 4.78 is 5.51. The van der Waals surface area contributed by atoms with Gasteiger partial charge in [-0.3, -0.25) is 9.59 Å². The fourth-order valence-electron chi connectivity index (χ4n) is 4.87. The minimum absolute atomic E-state index is 0.0220. The number of nitrogens with one attached hydrogen (secondary N) is 1. The third kappa shape index (κ3) is 5.53. The van der Waals surface area contributed by atoms with Gasteiger partial charge < -0.3 is 20.1 Å². The maximum absolute atomic E-state index is 12.4. The molecule has 33 heavy (non-hydrogen) atoms. The van der Waals surface area contributed by atoms with Gasteiger partial charge in [0.1, 0.15) is 6.61 Å². The molecule has 7 nitrogen and oxygen atoms in total. The largest absolute Gasteiger partial charge is 0.481 e. The summed E-state index contributed by atoms with van der Waals surface area (Å²) in [6.07, 6.45) is 2.06. The molecule has 2 N–H and O–H groups in total. The van der Waals surface area contributed by atoms with Gasteiger partial charge in [-0.15, -0.1) is 0 Å². The number of hydrogen-bond acceptors (Lipinski definition) is 4. The van der Waals surface area contributed by atoms with E-state index >= 15 is 0 Å². The molecule has 2 aromatic rings. The van der Waals surface area contributed by atoms with Crippen molar-refractivity contribution >= 4 is 18.0 Å². The van der Waals surface area contributed by atoms with Gasteiger partial charge in [0.2, 0.25) is 5.91 Å². The quantitative estimate of drug-likeness (QED) is 0.592. The van der Waals surface area contributed by atoms with E-state index in [4.69, 9.17) is 9.84 Å². The van der Waals surface area contributed by atoms with Crippen molar-refractivity contribution in [2.75, 3.05) is 26.2 Å². The molecule has 7 heteroatoms. The van der Waals surface area contributed by atoms with Crippen LogP contribution in [0.5, 0.6) is 0 Å². The van der Waals surface area contributed by atoms with Gasteiger partial charge in [0, 0.05) is 38.4 Å². The predicted octanol–water partition coefficient (Wildman–Crippen LogP) is 4.02. The highest BCUT2D eigenvalue weighted by atomic mass is 16.5. The second-order valence-corrected chi connectivity index (χ2v) is 8.78.